The number of ether oxygens (including phenoxy) is 1. The van der Waals surface area contributed by atoms with E-state index < -0.39 is 5.97 Å². The molecule has 2 aliphatic rings. The number of nitrogens with zero attached hydrogens (tertiary/aromatic N) is 3. The number of anilines is 1. The van der Waals surface area contributed by atoms with Crippen LogP contribution >= 0.6 is 0 Å². The van der Waals surface area contributed by atoms with Gasteiger partial charge >= 0.3 is 5.97 Å². The molecule has 1 aliphatic carbocycles. The van der Waals surface area contributed by atoms with Gasteiger partial charge in [-0.1, -0.05) is 18.2 Å². The van der Waals surface area contributed by atoms with Gasteiger partial charge < -0.3 is 14.7 Å². The Morgan fingerprint density at radius 2 is 1.97 bits per heavy atom. The summed E-state index contributed by atoms with van der Waals surface area (Å²) in [6.45, 7) is 0.757. The van der Waals surface area contributed by atoms with E-state index in [1.54, 1.807) is 6.07 Å². The molecule has 6 nitrogen and oxygen atoms in total. The van der Waals surface area contributed by atoms with E-state index in [4.69, 9.17) is 4.74 Å². The third-order valence-electron chi connectivity index (χ3n) is 6.52. The average molecular weight is 448 g/mol. The molecule has 7 heteroatoms. The van der Waals surface area contributed by atoms with Gasteiger partial charge in [0.2, 0.25) is 5.95 Å². The number of carboxylic acids is 1. The molecule has 5 rings (SSSR count). The number of fused-ring (bicyclic) bond motifs is 1. The number of aromatic nitrogens is 2. The van der Waals surface area contributed by atoms with E-state index in [1.807, 2.05) is 17.0 Å². The molecule has 170 valence electrons. The fourth-order valence-electron chi connectivity index (χ4n) is 4.85. The first-order valence-corrected chi connectivity index (χ1v) is 11.4. The van der Waals surface area contributed by atoms with Crippen LogP contribution in [-0.4, -0.2) is 27.6 Å². The maximum atomic E-state index is 13.8. The molecule has 0 amide bonds. The van der Waals surface area contributed by atoms with E-state index in [9.17, 15) is 14.3 Å². The Morgan fingerprint density at radius 3 is 2.79 bits per heavy atom. The number of rotatable bonds is 6. The molecule has 3 aromatic rings. The molecule has 1 fully saturated rings. The molecule has 2 aromatic carbocycles. The lowest BCUT2D eigenvalue weighted by Crippen LogP contribution is -2.26. The fourth-order valence-corrected chi connectivity index (χ4v) is 4.85. The highest BCUT2D eigenvalue weighted by atomic mass is 19.1. The lowest BCUT2D eigenvalue weighted by Gasteiger charge is -2.25. The molecular formula is C26H26FN3O3. The second kappa shape index (κ2) is 9.17. The molecule has 1 aromatic heterocycles. The zero-order valence-electron chi connectivity index (χ0n) is 18.3. The molecule has 1 saturated heterocycles. The van der Waals surface area contributed by atoms with Gasteiger partial charge in [-0.3, -0.25) is 0 Å². The molecule has 33 heavy (non-hydrogen) atoms. The van der Waals surface area contributed by atoms with Crippen molar-refractivity contribution in [3.8, 4) is 5.75 Å². The van der Waals surface area contributed by atoms with Crippen molar-refractivity contribution in [2.75, 3.05) is 11.4 Å². The molecule has 2 heterocycles. The zero-order chi connectivity index (χ0) is 22.8. The fraction of sp³-hybridized carbons (Fsp3) is 0.346. The number of aryl methyl sites for hydroxylation is 2. The Morgan fingerprint density at radius 1 is 1.12 bits per heavy atom. The van der Waals surface area contributed by atoms with Gasteiger partial charge in [0.25, 0.3) is 0 Å². The van der Waals surface area contributed by atoms with Crippen molar-refractivity contribution in [1.82, 2.24) is 9.97 Å². The Labute approximate surface area is 192 Å². The first-order chi connectivity index (χ1) is 16.1. The van der Waals surface area contributed by atoms with Crippen LogP contribution in [0.2, 0.25) is 0 Å². The minimum Gasteiger partial charge on any atom is -0.487 e. The number of carboxylic acid groups (broad SMARTS) is 1. The highest BCUT2D eigenvalue weighted by Gasteiger charge is 2.29. The summed E-state index contributed by atoms with van der Waals surface area (Å²) in [6.07, 6.45) is 7.65. The molecule has 0 bridgehead atoms. The van der Waals surface area contributed by atoms with Crippen LogP contribution in [0.1, 0.15) is 64.5 Å². The number of benzene rings is 2. The largest absolute Gasteiger partial charge is 0.487 e. The minimum absolute atomic E-state index is 0.0261. The van der Waals surface area contributed by atoms with Crippen LogP contribution in [0.3, 0.4) is 0 Å². The van der Waals surface area contributed by atoms with E-state index >= 15 is 0 Å². The monoisotopic (exact) mass is 447 g/mol. The van der Waals surface area contributed by atoms with Crippen molar-refractivity contribution in [1.29, 1.82) is 0 Å². The molecule has 0 spiro atoms. The minimum atomic E-state index is -1.09. The lowest BCUT2D eigenvalue weighted by molar-refractivity contribution is 0.0692. The summed E-state index contributed by atoms with van der Waals surface area (Å²) in [7, 11) is 0. The first kappa shape index (κ1) is 21.4. The molecular weight excluding hydrogens is 421 g/mol. The second-order valence-corrected chi connectivity index (χ2v) is 8.67. The highest BCUT2D eigenvalue weighted by molar-refractivity contribution is 5.88. The maximum absolute atomic E-state index is 13.8. The predicted octanol–water partition coefficient (Wildman–Crippen LogP) is 5.11. The van der Waals surface area contributed by atoms with Crippen molar-refractivity contribution in [3.63, 3.8) is 0 Å². The number of halogens is 1. The second-order valence-electron chi connectivity index (χ2n) is 8.67. The molecule has 1 unspecified atom stereocenters. The predicted molar refractivity (Wildman–Crippen MR) is 122 cm³/mol. The average Bonchev–Trinajstić information content (AvgIpc) is 3.32. The van der Waals surface area contributed by atoms with E-state index in [2.05, 4.69) is 22.1 Å². The van der Waals surface area contributed by atoms with Crippen LogP contribution in [0.15, 0.2) is 48.7 Å². The number of aromatic carboxylic acids is 1. The summed E-state index contributed by atoms with van der Waals surface area (Å²) in [5, 5.41) is 9.65. The van der Waals surface area contributed by atoms with Gasteiger partial charge in [-0.25, -0.2) is 19.2 Å². The zero-order valence-corrected chi connectivity index (χ0v) is 18.3. The third-order valence-corrected chi connectivity index (χ3v) is 6.52. The van der Waals surface area contributed by atoms with Crippen LogP contribution in [-0.2, 0) is 19.4 Å². The van der Waals surface area contributed by atoms with Crippen LogP contribution in [0, 0.1) is 5.82 Å². The van der Waals surface area contributed by atoms with Gasteiger partial charge in [0, 0.05) is 12.7 Å². The van der Waals surface area contributed by atoms with Crippen LogP contribution in [0.5, 0.6) is 5.75 Å². The van der Waals surface area contributed by atoms with Crippen molar-refractivity contribution in [2.45, 2.75) is 51.2 Å². The van der Waals surface area contributed by atoms with Gasteiger partial charge in [-0.15, -0.1) is 0 Å². The highest BCUT2D eigenvalue weighted by Crippen LogP contribution is 2.35. The van der Waals surface area contributed by atoms with Gasteiger partial charge in [0.1, 0.15) is 23.7 Å². The Kier molecular flexibility index (Phi) is 5.94. The quantitative estimate of drug-likeness (QED) is 0.566. The van der Waals surface area contributed by atoms with Gasteiger partial charge in [-0.05, 0) is 79.5 Å². The van der Waals surface area contributed by atoms with Crippen LogP contribution in [0.25, 0.3) is 0 Å². The number of hydrogen-bond acceptors (Lipinski definition) is 5. The lowest BCUT2D eigenvalue weighted by atomic mass is 9.92. The topological polar surface area (TPSA) is 75.5 Å². The maximum Gasteiger partial charge on any atom is 0.339 e. The van der Waals surface area contributed by atoms with Crippen molar-refractivity contribution in [2.24, 2.45) is 0 Å². The van der Waals surface area contributed by atoms with Crippen molar-refractivity contribution in [3.05, 3.63) is 82.4 Å². The van der Waals surface area contributed by atoms with E-state index in [0.717, 1.165) is 37.8 Å². The standard InChI is InChI=1S/C26H26FN3O3/c27-20-8-3-7-19(13-20)24-9-4-12-30(24)26-28-15-22(25(31)32)23(29-26)16-33-21-11-10-17-5-1-2-6-18(17)14-21/h3,7-8,10-11,13-15,24H,1-2,4-6,9,12,16H2,(H,31,32). The van der Waals surface area contributed by atoms with Gasteiger partial charge in [-0.2, -0.15) is 0 Å². The molecule has 0 radical (unpaired) electrons. The smallest absolute Gasteiger partial charge is 0.339 e. The van der Waals surface area contributed by atoms with Crippen molar-refractivity contribution < 1.29 is 19.0 Å². The Balaban J connectivity index is 1.40. The van der Waals surface area contributed by atoms with Crippen LogP contribution < -0.4 is 9.64 Å². The summed E-state index contributed by atoms with van der Waals surface area (Å²) in [5.41, 5.74) is 3.88. The number of carbonyl (C=O) groups is 1. The number of hydrogen-bond donors (Lipinski definition) is 1. The third kappa shape index (κ3) is 4.53. The molecule has 1 N–H and O–H groups in total. The SMILES string of the molecule is O=C(O)c1cnc(N2CCCC2c2cccc(F)c2)nc1COc1ccc2c(c1)CCCC2. The van der Waals surface area contributed by atoms with Crippen LogP contribution in [0.4, 0.5) is 10.3 Å². The van der Waals surface area contributed by atoms with E-state index in [0.29, 0.717) is 17.4 Å². The Bertz CT molecular complexity index is 1180. The summed E-state index contributed by atoms with van der Waals surface area (Å²) in [4.78, 5) is 22.7. The first-order valence-electron chi connectivity index (χ1n) is 11.4. The molecule has 0 saturated carbocycles. The summed E-state index contributed by atoms with van der Waals surface area (Å²) in [6, 6.07) is 12.6. The normalized spacial score (nSPS) is 17.6. The van der Waals surface area contributed by atoms with Gasteiger partial charge in [0.05, 0.1) is 11.7 Å². The van der Waals surface area contributed by atoms with Gasteiger partial charge in [0.15, 0.2) is 0 Å². The van der Waals surface area contributed by atoms with E-state index in [-0.39, 0.29) is 24.0 Å². The summed E-state index contributed by atoms with van der Waals surface area (Å²) >= 11 is 0. The van der Waals surface area contributed by atoms with Crippen molar-refractivity contribution >= 4 is 11.9 Å². The molecule has 1 atom stereocenters. The Hall–Kier alpha value is -3.48. The summed E-state index contributed by atoms with van der Waals surface area (Å²) < 4.78 is 19.8. The molecule has 1 aliphatic heterocycles. The van der Waals surface area contributed by atoms with E-state index in [1.165, 1.54) is 42.3 Å². The summed E-state index contributed by atoms with van der Waals surface area (Å²) in [5.74, 6) is -0.212.